The van der Waals surface area contributed by atoms with Crippen molar-refractivity contribution in [2.24, 2.45) is 0 Å². The van der Waals surface area contributed by atoms with Gasteiger partial charge in [-0.15, -0.1) is 0 Å². The van der Waals surface area contributed by atoms with Crippen LogP contribution >= 0.6 is 0 Å². The van der Waals surface area contributed by atoms with Crippen molar-refractivity contribution in [1.82, 2.24) is 14.7 Å². The standard InChI is InChI=1S/C22H51N3OSi/c1-8-15-23(10-3)17-12-19-25(21-14-22-27(6,7)26-5)20-13-18-24(11-4)16-9-2/h8-22H2,1-7H3. The van der Waals surface area contributed by atoms with Gasteiger partial charge in [0.25, 0.3) is 0 Å². The molecule has 0 aromatic rings. The molecule has 5 heteroatoms. The minimum absolute atomic E-state index is 1.18. The molecule has 0 radical (unpaired) electrons. The van der Waals surface area contributed by atoms with E-state index in [0.29, 0.717) is 0 Å². The van der Waals surface area contributed by atoms with Crippen LogP contribution in [-0.2, 0) is 4.43 Å². The third-order valence-electron chi connectivity index (χ3n) is 5.68. The molecule has 27 heavy (non-hydrogen) atoms. The summed E-state index contributed by atoms with van der Waals surface area (Å²) in [5, 5.41) is 0. The molecule has 0 aliphatic rings. The van der Waals surface area contributed by atoms with Gasteiger partial charge in [0.2, 0.25) is 0 Å². The molecule has 0 aromatic heterocycles. The second kappa shape index (κ2) is 17.0. The Labute approximate surface area is 172 Å². The van der Waals surface area contributed by atoms with Gasteiger partial charge in [-0.25, -0.2) is 0 Å². The van der Waals surface area contributed by atoms with Crippen molar-refractivity contribution in [3.05, 3.63) is 0 Å². The first-order chi connectivity index (χ1) is 12.9. The Bertz CT molecular complexity index is 309. The molecule has 0 amide bonds. The van der Waals surface area contributed by atoms with Crippen LogP contribution in [0.1, 0.15) is 59.8 Å². The van der Waals surface area contributed by atoms with E-state index in [9.17, 15) is 0 Å². The normalized spacial score (nSPS) is 12.7. The molecule has 0 rings (SSSR count). The summed E-state index contributed by atoms with van der Waals surface area (Å²) in [5.41, 5.74) is 0. The smallest absolute Gasteiger partial charge is 0.186 e. The molecule has 4 nitrogen and oxygen atoms in total. The first-order valence-corrected chi connectivity index (χ1v) is 14.8. The lowest BCUT2D eigenvalue weighted by molar-refractivity contribution is 0.212. The Morgan fingerprint density at radius 2 is 1.00 bits per heavy atom. The maximum absolute atomic E-state index is 5.73. The van der Waals surface area contributed by atoms with Crippen molar-refractivity contribution in [1.29, 1.82) is 0 Å². The lowest BCUT2D eigenvalue weighted by Gasteiger charge is -2.28. The zero-order valence-electron chi connectivity index (χ0n) is 19.9. The van der Waals surface area contributed by atoms with Crippen molar-refractivity contribution in [2.75, 3.05) is 66.0 Å². The summed E-state index contributed by atoms with van der Waals surface area (Å²) < 4.78 is 5.73. The summed E-state index contributed by atoms with van der Waals surface area (Å²) in [4.78, 5) is 7.91. The molecular weight excluding hydrogens is 350 g/mol. The molecule has 0 aliphatic carbocycles. The molecule has 0 fully saturated rings. The number of hydrogen-bond acceptors (Lipinski definition) is 4. The van der Waals surface area contributed by atoms with E-state index in [-0.39, 0.29) is 0 Å². The summed E-state index contributed by atoms with van der Waals surface area (Å²) in [6.45, 7) is 24.9. The topological polar surface area (TPSA) is 19.0 Å². The van der Waals surface area contributed by atoms with Crippen molar-refractivity contribution in [3.8, 4) is 0 Å². The van der Waals surface area contributed by atoms with Gasteiger partial charge in [-0.05, 0) is 110 Å². The van der Waals surface area contributed by atoms with E-state index in [1.165, 1.54) is 97.1 Å². The fourth-order valence-corrected chi connectivity index (χ4v) is 4.90. The second-order valence-corrected chi connectivity index (χ2v) is 12.9. The minimum Gasteiger partial charge on any atom is -0.420 e. The molecule has 0 unspecified atom stereocenters. The Balaban J connectivity index is 4.38. The Kier molecular flexibility index (Phi) is 17.0. The molecule has 0 N–H and O–H groups in total. The average molecular weight is 402 g/mol. The first kappa shape index (κ1) is 27.1. The van der Waals surface area contributed by atoms with Gasteiger partial charge in [0.1, 0.15) is 0 Å². The highest BCUT2D eigenvalue weighted by atomic mass is 28.4. The van der Waals surface area contributed by atoms with Crippen LogP contribution in [0.15, 0.2) is 0 Å². The highest BCUT2D eigenvalue weighted by Gasteiger charge is 2.20. The van der Waals surface area contributed by atoms with Crippen LogP contribution in [0.3, 0.4) is 0 Å². The molecule has 0 saturated carbocycles. The van der Waals surface area contributed by atoms with Crippen LogP contribution in [0.4, 0.5) is 0 Å². The quantitative estimate of drug-likeness (QED) is 0.290. The van der Waals surface area contributed by atoms with Crippen LogP contribution in [0.2, 0.25) is 19.1 Å². The molecule has 0 atom stereocenters. The summed E-state index contributed by atoms with van der Waals surface area (Å²) >= 11 is 0. The molecule has 0 spiro atoms. The zero-order valence-corrected chi connectivity index (χ0v) is 20.9. The predicted molar refractivity (Wildman–Crippen MR) is 124 cm³/mol. The van der Waals surface area contributed by atoms with Crippen molar-refractivity contribution in [3.63, 3.8) is 0 Å². The highest BCUT2D eigenvalue weighted by Crippen LogP contribution is 2.13. The molecule has 164 valence electrons. The third-order valence-corrected chi connectivity index (χ3v) is 8.34. The molecule has 0 saturated heterocycles. The van der Waals surface area contributed by atoms with Gasteiger partial charge in [-0.1, -0.05) is 27.7 Å². The van der Waals surface area contributed by atoms with Crippen LogP contribution in [0.5, 0.6) is 0 Å². The number of rotatable bonds is 19. The minimum atomic E-state index is -1.42. The van der Waals surface area contributed by atoms with Gasteiger partial charge in [-0.2, -0.15) is 0 Å². The monoisotopic (exact) mass is 401 g/mol. The molecule has 0 bridgehead atoms. The number of nitrogens with zero attached hydrogens (tertiary/aromatic N) is 3. The Morgan fingerprint density at radius 3 is 1.37 bits per heavy atom. The predicted octanol–water partition coefficient (Wildman–Crippen LogP) is 4.77. The van der Waals surface area contributed by atoms with Gasteiger partial charge in [0.05, 0.1) is 0 Å². The zero-order chi connectivity index (χ0) is 20.5. The van der Waals surface area contributed by atoms with E-state index in [1.54, 1.807) is 0 Å². The van der Waals surface area contributed by atoms with Crippen LogP contribution < -0.4 is 0 Å². The Morgan fingerprint density at radius 1 is 0.593 bits per heavy atom. The largest absolute Gasteiger partial charge is 0.420 e. The first-order valence-electron chi connectivity index (χ1n) is 11.6. The highest BCUT2D eigenvalue weighted by molar-refractivity contribution is 6.71. The fourth-order valence-electron chi connectivity index (χ4n) is 3.69. The van der Waals surface area contributed by atoms with Crippen molar-refractivity contribution in [2.45, 2.75) is 78.9 Å². The maximum Gasteiger partial charge on any atom is 0.186 e. The molecule has 0 heterocycles. The van der Waals surface area contributed by atoms with E-state index in [0.717, 1.165) is 0 Å². The Hall–Kier alpha value is 0.0569. The summed E-state index contributed by atoms with van der Waals surface area (Å²) in [7, 11) is 0.474. The average Bonchev–Trinajstić information content (AvgIpc) is 2.65. The van der Waals surface area contributed by atoms with Gasteiger partial charge in [0, 0.05) is 7.11 Å². The molecule has 0 aliphatic heterocycles. The SMILES string of the molecule is CCCN(CC)CCCN(CCCN(CC)CCC)CCC[Si](C)(C)OC. The van der Waals surface area contributed by atoms with Crippen LogP contribution in [-0.4, -0.2) is 89.0 Å². The molecule has 0 aromatic carbocycles. The summed E-state index contributed by atoms with van der Waals surface area (Å²) in [6, 6.07) is 1.27. The fraction of sp³-hybridized carbons (Fsp3) is 1.00. The van der Waals surface area contributed by atoms with Gasteiger partial charge in [-0.3, -0.25) is 0 Å². The molecular formula is C22H51N3OSi. The van der Waals surface area contributed by atoms with E-state index < -0.39 is 8.32 Å². The van der Waals surface area contributed by atoms with Crippen LogP contribution in [0.25, 0.3) is 0 Å². The summed E-state index contributed by atoms with van der Waals surface area (Å²) in [6.07, 6.45) is 6.40. The second-order valence-electron chi connectivity index (χ2n) is 8.48. The van der Waals surface area contributed by atoms with Gasteiger partial charge >= 0.3 is 0 Å². The van der Waals surface area contributed by atoms with Gasteiger partial charge < -0.3 is 19.1 Å². The van der Waals surface area contributed by atoms with E-state index >= 15 is 0 Å². The van der Waals surface area contributed by atoms with E-state index in [2.05, 4.69) is 55.5 Å². The maximum atomic E-state index is 5.73. The number of hydrogen-bond donors (Lipinski definition) is 0. The lowest BCUT2D eigenvalue weighted by atomic mass is 10.2. The lowest BCUT2D eigenvalue weighted by Crippen LogP contribution is -2.35. The van der Waals surface area contributed by atoms with E-state index in [1.807, 2.05) is 7.11 Å². The summed E-state index contributed by atoms with van der Waals surface area (Å²) in [5.74, 6) is 0. The van der Waals surface area contributed by atoms with Gasteiger partial charge in [0.15, 0.2) is 8.32 Å². The van der Waals surface area contributed by atoms with Crippen LogP contribution in [0, 0.1) is 0 Å². The van der Waals surface area contributed by atoms with Crippen molar-refractivity contribution < 1.29 is 4.43 Å². The van der Waals surface area contributed by atoms with Crippen molar-refractivity contribution >= 4 is 8.32 Å². The van der Waals surface area contributed by atoms with E-state index in [4.69, 9.17) is 4.43 Å². The third kappa shape index (κ3) is 14.7.